The van der Waals surface area contributed by atoms with Gasteiger partial charge in [0.15, 0.2) is 0 Å². The van der Waals surface area contributed by atoms with Gasteiger partial charge in [-0.15, -0.1) is 0 Å². The molecule has 0 radical (unpaired) electrons. The van der Waals surface area contributed by atoms with Crippen LogP contribution in [0.1, 0.15) is 16.7 Å². The number of pyridine rings is 1. The number of hydrogen-bond donors (Lipinski definition) is 1. The predicted molar refractivity (Wildman–Crippen MR) is 102 cm³/mol. The molecule has 3 rings (SSSR count). The number of amides is 1. The fraction of sp³-hybridized carbons (Fsp3) is 0.150. The van der Waals surface area contributed by atoms with Gasteiger partial charge in [-0.2, -0.15) is 5.26 Å². The molecule has 130 valence electrons. The Morgan fingerprint density at radius 2 is 1.96 bits per heavy atom. The van der Waals surface area contributed by atoms with Crippen molar-refractivity contribution in [2.45, 2.75) is 18.9 Å². The van der Waals surface area contributed by atoms with Crippen molar-refractivity contribution in [3.8, 4) is 6.07 Å². The van der Waals surface area contributed by atoms with Crippen molar-refractivity contribution in [3.63, 3.8) is 0 Å². The number of halogens is 1. The molecule has 0 aliphatic heterocycles. The highest BCUT2D eigenvalue weighted by molar-refractivity contribution is 8.00. The summed E-state index contributed by atoms with van der Waals surface area (Å²) in [7, 11) is 0. The molecule has 0 saturated heterocycles. The van der Waals surface area contributed by atoms with Crippen LogP contribution in [0.4, 0.5) is 10.1 Å². The lowest BCUT2D eigenvalue weighted by molar-refractivity contribution is -0.113. The highest BCUT2D eigenvalue weighted by Crippen LogP contribution is 2.28. The van der Waals surface area contributed by atoms with Crippen LogP contribution in [0.2, 0.25) is 0 Å². The summed E-state index contributed by atoms with van der Waals surface area (Å²) >= 11 is 1.17. The number of rotatable bonds is 4. The van der Waals surface area contributed by atoms with E-state index >= 15 is 0 Å². The average molecular weight is 365 g/mol. The van der Waals surface area contributed by atoms with E-state index < -0.39 is 5.82 Å². The topological polar surface area (TPSA) is 65.8 Å². The molecule has 0 atom stereocenters. The van der Waals surface area contributed by atoms with Gasteiger partial charge in [0, 0.05) is 5.39 Å². The van der Waals surface area contributed by atoms with Crippen molar-refractivity contribution in [1.29, 1.82) is 5.26 Å². The number of thioether (sulfide) groups is 1. The average Bonchev–Trinajstić information content (AvgIpc) is 2.64. The Morgan fingerprint density at radius 1 is 1.23 bits per heavy atom. The molecule has 1 heterocycles. The van der Waals surface area contributed by atoms with Crippen LogP contribution in [-0.2, 0) is 4.79 Å². The maximum absolute atomic E-state index is 13.6. The number of aromatic nitrogens is 1. The molecule has 0 saturated carbocycles. The number of nitriles is 1. The number of carbonyl (C=O) groups excluding carboxylic acids is 1. The third-order valence-electron chi connectivity index (χ3n) is 3.98. The van der Waals surface area contributed by atoms with Crippen molar-refractivity contribution < 1.29 is 9.18 Å². The van der Waals surface area contributed by atoms with Gasteiger partial charge in [0.25, 0.3) is 0 Å². The quantitative estimate of drug-likeness (QED) is 0.687. The van der Waals surface area contributed by atoms with Crippen LogP contribution in [0.3, 0.4) is 0 Å². The van der Waals surface area contributed by atoms with Crippen molar-refractivity contribution in [2.75, 3.05) is 11.1 Å². The second kappa shape index (κ2) is 7.54. The summed E-state index contributed by atoms with van der Waals surface area (Å²) < 4.78 is 13.6. The van der Waals surface area contributed by atoms with Gasteiger partial charge >= 0.3 is 0 Å². The summed E-state index contributed by atoms with van der Waals surface area (Å²) in [6, 6.07) is 13.9. The van der Waals surface area contributed by atoms with Gasteiger partial charge in [0.2, 0.25) is 5.91 Å². The fourth-order valence-corrected chi connectivity index (χ4v) is 3.35. The molecule has 0 unspecified atom stereocenters. The molecule has 1 aromatic heterocycles. The Morgan fingerprint density at radius 3 is 2.69 bits per heavy atom. The second-order valence-corrected chi connectivity index (χ2v) is 6.83. The van der Waals surface area contributed by atoms with Crippen molar-refractivity contribution in [3.05, 3.63) is 65.0 Å². The maximum Gasteiger partial charge on any atom is 0.234 e. The van der Waals surface area contributed by atoms with Crippen LogP contribution in [0.5, 0.6) is 0 Å². The Balaban J connectivity index is 1.82. The van der Waals surface area contributed by atoms with E-state index in [1.165, 1.54) is 23.9 Å². The molecular weight excluding hydrogens is 349 g/mol. The van der Waals surface area contributed by atoms with Crippen LogP contribution < -0.4 is 5.32 Å². The third-order valence-corrected chi connectivity index (χ3v) is 4.97. The van der Waals surface area contributed by atoms with Gasteiger partial charge in [-0.25, -0.2) is 9.37 Å². The van der Waals surface area contributed by atoms with Gasteiger partial charge in [-0.1, -0.05) is 36.0 Å². The summed E-state index contributed by atoms with van der Waals surface area (Å²) in [5.41, 5.74) is 3.43. The molecule has 0 fully saturated rings. The minimum absolute atomic E-state index is 0.0341. The summed E-state index contributed by atoms with van der Waals surface area (Å²) in [4.78, 5) is 16.7. The number of nitrogens with zero attached hydrogens (tertiary/aromatic N) is 2. The van der Waals surface area contributed by atoms with Crippen molar-refractivity contribution in [2.24, 2.45) is 0 Å². The Labute approximate surface area is 155 Å². The van der Waals surface area contributed by atoms with E-state index in [4.69, 9.17) is 0 Å². The minimum atomic E-state index is -0.488. The van der Waals surface area contributed by atoms with Crippen LogP contribution in [-0.4, -0.2) is 16.6 Å². The first-order chi connectivity index (χ1) is 12.5. The summed E-state index contributed by atoms with van der Waals surface area (Å²) in [6.45, 7) is 3.93. The van der Waals surface area contributed by atoms with Gasteiger partial charge in [-0.3, -0.25) is 4.79 Å². The highest BCUT2D eigenvalue weighted by Gasteiger charge is 2.13. The van der Waals surface area contributed by atoms with E-state index in [0.717, 1.165) is 22.0 Å². The van der Waals surface area contributed by atoms with Gasteiger partial charge in [-0.05, 0) is 43.2 Å². The molecule has 0 bridgehead atoms. The number of carbonyl (C=O) groups is 1. The first kappa shape index (κ1) is 17.9. The lowest BCUT2D eigenvalue weighted by atomic mass is 10.0. The zero-order valence-corrected chi connectivity index (χ0v) is 15.2. The predicted octanol–water partition coefficient (Wildman–Crippen LogP) is 4.59. The maximum atomic E-state index is 13.6. The fourth-order valence-electron chi connectivity index (χ4n) is 2.59. The molecule has 0 aliphatic carbocycles. The van der Waals surface area contributed by atoms with E-state index in [1.54, 1.807) is 12.1 Å². The normalized spacial score (nSPS) is 10.5. The van der Waals surface area contributed by atoms with Crippen LogP contribution in [0, 0.1) is 31.0 Å². The lowest BCUT2D eigenvalue weighted by Gasteiger charge is -2.10. The van der Waals surface area contributed by atoms with E-state index in [1.807, 2.05) is 32.0 Å². The minimum Gasteiger partial charge on any atom is -0.323 e. The molecule has 1 N–H and O–H groups in total. The Bertz CT molecular complexity index is 1040. The molecule has 0 aliphatic rings. The molecule has 26 heavy (non-hydrogen) atoms. The molecule has 3 aromatic rings. The Kier molecular flexibility index (Phi) is 5.19. The summed E-state index contributed by atoms with van der Waals surface area (Å²) in [6.07, 6.45) is 0. The number of anilines is 1. The third kappa shape index (κ3) is 3.68. The van der Waals surface area contributed by atoms with Gasteiger partial charge < -0.3 is 5.32 Å². The van der Waals surface area contributed by atoms with Crippen LogP contribution in [0.25, 0.3) is 10.9 Å². The monoisotopic (exact) mass is 365 g/mol. The number of fused-ring (bicyclic) bond motifs is 1. The molecule has 4 nitrogen and oxygen atoms in total. The van der Waals surface area contributed by atoms with E-state index in [-0.39, 0.29) is 17.3 Å². The number of para-hydroxylation sites is 1. The number of hydrogen-bond acceptors (Lipinski definition) is 4. The smallest absolute Gasteiger partial charge is 0.234 e. The second-order valence-electron chi connectivity index (χ2n) is 5.87. The van der Waals surface area contributed by atoms with Gasteiger partial charge in [0.1, 0.15) is 16.9 Å². The molecule has 1 amide bonds. The standard InChI is InChI=1S/C20H16FN3OS/c1-12-7-8-13(2)19-15(12)9-14(10-22)20(24-19)26-11-18(25)23-17-6-4-3-5-16(17)21/h3-9H,11H2,1-2H3,(H,23,25). The highest BCUT2D eigenvalue weighted by atomic mass is 32.2. The Hall–Kier alpha value is -2.91. The van der Waals surface area contributed by atoms with Crippen molar-refractivity contribution >= 4 is 34.3 Å². The lowest BCUT2D eigenvalue weighted by Crippen LogP contribution is -2.15. The van der Waals surface area contributed by atoms with E-state index in [9.17, 15) is 14.4 Å². The largest absolute Gasteiger partial charge is 0.323 e. The number of nitrogens with one attached hydrogen (secondary N) is 1. The van der Waals surface area contributed by atoms with Crippen LogP contribution >= 0.6 is 11.8 Å². The summed E-state index contributed by atoms with van der Waals surface area (Å²) in [5, 5.41) is 13.4. The summed E-state index contributed by atoms with van der Waals surface area (Å²) in [5.74, 6) is -0.808. The van der Waals surface area contributed by atoms with E-state index in [0.29, 0.717) is 10.6 Å². The first-order valence-electron chi connectivity index (χ1n) is 7.98. The van der Waals surface area contributed by atoms with Crippen molar-refractivity contribution in [1.82, 2.24) is 4.98 Å². The molecule has 0 spiro atoms. The first-order valence-corrected chi connectivity index (χ1v) is 8.96. The molecule has 2 aromatic carbocycles. The van der Waals surface area contributed by atoms with E-state index in [2.05, 4.69) is 16.4 Å². The van der Waals surface area contributed by atoms with Gasteiger partial charge in [0.05, 0.1) is 22.5 Å². The SMILES string of the molecule is Cc1ccc(C)c2nc(SCC(=O)Nc3ccccc3F)c(C#N)cc12. The van der Waals surface area contributed by atoms with Crippen LogP contribution in [0.15, 0.2) is 47.5 Å². The zero-order chi connectivity index (χ0) is 18.7. The zero-order valence-electron chi connectivity index (χ0n) is 14.3. The number of aryl methyl sites for hydroxylation is 2. The number of benzene rings is 2. The molecule has 6 heteroatoms. The molecular formula is C20H16FN3OS.